The second kappa shape index (κ2) is 16.9. The number of hydrogen-bond donors (Lipinski definition) is 14. The van der Waals surface area contributed by atoms with Gasteiger partial charge in [-0.15, -0.1) is 0 Å². The van der Waals surface area contributed by atoms with E-state index >= 15 is 0 Å². The normalized spacial score (nSPS) is 49.2. The molecule has 3 saturated heterocycles. The van der Waals surface area contributed by atoms with Crippen LogP contribution in [0.4, 0.5) is 0 Å². The second-order valence-electron chi connectivity index (χ2n) is 12.2. The number of carbonyl (C=O) groups excluding carboxylic acids is 1. The number of rotatable bonds is 12. The molecule has 1 amide bonds. The zero-order valence-corrected chi connectivity index (χ0v) is 26.3. The van der Waals surface area contributed by atoms with Gasteiger partial charge in [-0.3, -0.25) is 4.79 Å². The van der Waals surface area contributed by atoms with Crippen molar-refractivity contribution < 1.29 is 74.1 Å². The Morgan fingerprint density at radius 2 is 1.28 bits per heavy atom. The fourth-order valence-corrected chi connectivity index (χ4v) is 6.39. The molecule has 4 fully saturated rings. The van der Waals surface area contributed by atoms with Gasteiger partial charge in [-0.05, 0) is 12.2 Å². The highest BCUT2D eigenvalue weighted by Crippen LogP contribution is 2.34. The van der Waals surface area contributed by atoms with E-state index in [-0.39, 0.29) is 25.1 Å². The van der Waals surface area contributed by atoms with Crippen LogP contribution in [0.5, 0.6) is 0 Å². The molecule has 0 aromatic rings. The Kier molecular flexibility index (Phi) is 14.0. The maximum atomic E-state index is 12.4. The minimum absolute atomic E-state index is 0.0101. The quantitative estimate of drug-likeness (QED) is 0.0839. The molecular weight excluding hydrogens is 654 g/mol. The summed E-state index contributed by atoms with van der Waals surface area (Å²) >= 11 is 4.02. The van der Waals surface area contributed by atoms with Gasteiger partial charge in [0.05, 0.1) is 25.4 Å². The van der Waals surface area contributed by atoms with E-state index < -0.39 is 135 Å². The fraction of sp³-hybridized carbons (Fsp3) is 0.962. The molecule has 1 unspecified atom stereocenters. The number of amides is 1. The summed E-state index contributed by atoms with van der Waals surface area (Å²) < 4.78 is 34.9. The van der Waals surface area contributed by atoms with Crippen LogP contribution in [0.1, 0.15) is 12.8 Å². The van der Waals surface area contributed by atoms with Gasteiger partial charge in [0.25, 0.3) is 0 Å². The van der Waals surface area contributed by atoms with Gasteiger partial charge < -0.3 is 97.5 Å². The van der Waals surface area contributed by atoms with Crippen molar-refractivity contribution in [1.29, 1.82) is 0 Å². The van der Waals surface area contributed by atoms with Crippen molar-refractivity contribution in [1.82, 2.24) is 5.32 Å². The molecule has 4 rings (SSSR count). The van der Waals surface area contributed by atoms with E-state index in [0.29, 0.717) is 0 Å². The molecule has 3 aliphatic heterocycles. The zero-order valence-electron chi connectivity index (χ0n) is 25.4. The van der Waals surface area contributed by atoms with Crippen LogP contribution in [0.15, 0.2) is 0 Å². The van der Waals surface area contributed by atoms with Gasteiger partial charge in [0.15, 0.2) is 18.9 Å². The molecule has 0 aromatic heterocycles. The third-order valence-corrected chi connectivity index (χ3v) is 9.16. The van der Waals surface area contributed by atoms with E-state index in [1.807, 2.05) is 0 Å². The Bertz CT molecular complexity index is 1010. The molecular formula is C26H49N5O15S. The minimum atomic E-state index is -1.67. The Balaban J connectivity index is 1.54. The second-order valence-corrected chi connectivity index (χ2v) is 12.6. The highest BCUT2D eigenvalue weighted by Gasteiger charge is 2.54. The molecule has 21 heteroatoms. The Morgan fingerprint density at radius 3 is 1.89 bits per heavy atom. The lowest BCUT2D eigenvalue weighted by Gasteiger charge is -2.48. The summed E-state index contributed by atoms with van der Waals surface area (Å²) in [5, 5.41) is 86.4. The monoisotopic (exact) mass is 703 g/mol. The van der Waals surface area contributed by atoms with Gasteiger partial charge in [-0.2, -0.15) is 12.6 Å². The van der Waals surface area contributed by atoms with Gasteiger partial charge in [0.2, 0.25) is 5.91 Å². The molecule has 1 aliphatic carbocycles. The molecule has 3 heterocycles. The predicted octanol–water partition coefficient (Wildman–Crippen LogP) is -8.38. The van der Waals surface area contributed by atoms with Gasteiger partial charge in [-0.1, -0.05) is 0 Å². The van der Waals surface area contributed by atoms with Crippen molar-refractivity contribution >= 4 is 18.5 Å². The lowest BCUT2D eigenvalue weighted by Crippen LogP contribution is -2.69. The first-order valence-electron chi connectivity index (χ1n) is 15.4. The van der Waals surface area contributed by atoms with Crippen molar-refractivity contribution in [3.8, 4) is 0 Å². The number of nitrogens with one attached hydrogen (secondary N) is 1. The predicted molar refractivity (Wildman–Crippen MR) is 159 cm³/mol. The van der Waals surface area contributed by atoms with Gasteiger partial charge >= 0.3 is 0 Å². The Hall–Kier alpha value is -0.900. The average molecular weight is 704 g/mol. The topological polar surface area (TPSA) is 350 Å². The van der Waals surface area contributed by atoms with Gasteiger partial charge in [0.1, 0.15) is 73.2 Å². The van der Waals surface area contributed by atoms with Crippen molar-refractivity contribution in [2.24, 2.45) is 22.9 Å². The van der Waals surface area contributed by atoms with Crippen molar-refractivity contribution in [2.75, 3.05) is 25.5 Å². The molecule has 20 nitrogen and oxygen atoms in total. The smallest absolute Gasteiger partial charge is 0.221 e. The zero-order chi connectivity index (χ0) is 34.7. The number of ether oxygens (including phenoxy) is 6. The lowest BCUT2D eigenvalue weighted by molar-refractivity contribution is -0.313. The molecule has 0 spiro atoms. The van der Waals surface area contributed by atoms with Crippen molar-refractivity contribution in [2.45, 2.75) is 129 Å². The van der Waals surface area contributed by atoms with Crippen LogP contribution in [-0.4, -0.2) is 189 Å². The maximum absolute atomic E-state index is 12.4. The summed E-state index contributed by atoms with van der Waals surface area (Å²) in [7, 11) is 0. The highest BCUT2D eigenvalue weighted by molar-refractivity contribution is 7.80. The third kappa shape index (κ3) is 8.36. The SMILES string of the molecule is NCC1O[C@H](O[C@H]2[C@@H](O)[C@H](O[C@@H]3[C@@H](O)[C@H](N)C[C@H](N)[C@H]3O[C@@H]3O[C@H](CO)[C@@H](O)[C@H](O)[C@H]3NC(=O)CCS)O[C@@H]2CO)[C@H](N)[C@@H](O)[C@@H]1O. The van der Waals surface area contributed by atoms with Crippen LogP contribution >= 0.6 is 12.6 Å². The molecule has 17 N–H and O–H groups in total. The molecule has 0 radical (unpaired) electrons. The van der Waals surface area contributed by atoms with Crippen LogP contribution in [0.3, 0.4) is 0 Å². The summed E-state index contributed by atoms with van der Waals surface area (Å²) in [6, 6.07) is -4.54. The molecule has 0 bridgehead atoms. The summed E-state index contributed by atoms with van der Waals surface area (Å²) in [4.78, 5) is 12.4. The van der Waals surface area contributed by atoms with E-state index in [1.54, 1.807) is 0 Å². The van der Waals surface area contributed by atoms with E-state index in [9.17, 15) is 45.6 Å². The van der Waals surface area contributed by atoms with Crippen LogP contribution in [-0.2, 0) is 33.2 Å². The number of carbonyl (C=O) groups is 1. The standard InChI is InChI=1S/C26H49N5O15S/c27-4-9-16(36)18(38)13(30)24(41-9)45-22-11(6-33)43-26(20(22)40)46-23-15(35)7(28)3-8(29)21(23)44-25-14(31-12(34)1-2-47)19(39)17(37)10(5-32)42-25/h7-11,13-26,32-33,35-40,47H,1-6,27-30H2,(H,31,34)/t7-,8+,9?,10-,11-,13-,14-,15+,16-,17-,18-,19-,20-,21-,22-,23-,24-,25+,26+/m1/s1. The first-order valence-corrected chi connectivity index (χ1v) is 16.0. The summed E-state index contributed by atoms with van der Waals surface area (Å²) in [6.07, 6.45) is -21.6. The number of aliphatic hydroxyl groups is 8. The average Bonchev–Trinajstić information content (AvgIpc) is 3.34. The first kappa shape index (κ1) is 38.9. The summed E-state index contributed by atoms with van der Waals surface area (Å²) in [5.41, 5.74) is 24.1. The first-order chi connectivity index (χ1) is 22.3. The van der Waals surface area contributed by atoms with Gasteiger partial charge in [0, 0.05) is 25.0 Å². The van der Waals surface area contributed by atoms with Crippen LogP contribution in [0.2, 0.25) is 0 Å². The minimum Gasteiger partial charge on any atom is -0.394 e. The van der Waals surface area contributed by atoms with E-state index in [4.69, 9.17) is 51.4 Å². The highest BCUT2D eigenvalue weighted by atomic mass is 32.1. The fourth-order valence-electron chi connectivity index (χ4n) is 6.18. The molecule has 4 aliphatic rings. The number of hydrogen-bond acceptors (Lipinski definition) is 20. The van der Waals surface area contributed by atoms with Crippen LogP contribution in [0.25, 0.3) is 0 Å². The Morgan fingerprint density at radius 1 is 0.702 bits per heavy atom. The Labute approximate surface area is 275 Å². The molecule has 47 heavy (non-hydrogen) atoms. The summed E-state index contributed by atoms with van der Waals surface area (Å²) in [6.45, 7) is -1.60. The number of nitrogens with two attached hydrogens (primary N) is 4. The van der Waals surface area contributed by atoms with Crippen LogP contribution in [0, 0.1) is 0 Å². The van der Waals surface area contributed by atoms with Crippen LogP contribution < -0.4 is 28.3 Å². The number of aliphatic hydroxyl groups excluding tert-OH is 8. The van der Waals surface area contributed by atoms with Crippen molar-refractivity contribution in [3.63, 3.8) is 0 Å². The maximum Gasteiger partial charge on any atom is 0.221 e. The lowest BCUT2D eigenvalue weighted by atomic mass is 9.84. The van der Waals surface area contributed by atoms with E-state index in [1.165, 1.54) is 0 Å². The van der Waals surface area contributed by atoms with Gasteiger partial charge in [-0.25, -0.2) is 0 Å². The van der Waals surface area contributed by atoms with E-state index in [0.717, 1.165) is 0 Å². The molecule has 274 valence electrons. The molecule has 0 aromatic carbocycles. The third-order valence-electron chi connectivity index (χ3n) is 8.94. The number of thiol groups is 1. The molecule has 19 atom stereocenters. The molecule has 1 saturated carbocycles. The van der Waals surface area contributed by atoms with E-state index in [2.05, 4.69) is 17.9 Å². The summed E-state index contributed by atoms with van der Waals surface area (Å²) in [5.74, 6) is -0.377. The largest absolute Gasteiger partial charge is 0.394 e. The van der Waals surface area contributed by atoms with Crippen molar-refractivity contribution in [3.05, 3.63) is 0 Å².